The number of aryl methyl sites for hydroxylation is 1. The molecule has 0 aromatic heterocycles. The Morgan fingerprint density at radius 3 is 2.54 bits per heavy atom. The van der Waals surface area contributed by atoms with Gasteiger partial charge in [-0.05, 0) is 49.6 Å². The molecule has 1 fully saturated rings. The average Bonchev–Trinajstić information content (AvgIpc) is 3.17. The van der Waals surface area contributed by atoms with E-state index in [1.165, 1.54) is 5.56 Å². The van der Waals surface area contributed by atoms with Crippen molar-refractivity contribution in [2.75, 3.05) is 23.7 Å². The van der Waals surface area contributed by atoms with E-state index in [0.29, 0.717) is 12.5 Å². The maximum atomic E-state index is 12.2. The number of nitrogens with zero attached hydrogens (tertiary/aromatic N) is 2. The number of nitrogens with two attached hydrogens (primary N) is 1. The minimum Gasteiger partial charge on any atom is -0.370 e. The Labute approximate surface area is 154 Å². The molecule has 0 saturated carbocycles. The molecule has 0 atom stereocenters. The Morgan fingerprint density at radius 2 is 1.81 bits per heavy atom. The zero-order valence-corrected chi connectivity index (χ0v) is 15.0. The number of hydrogen-bond acceptors (Lipinski definition) is 2. The van der Waals surface area contributed by atoms with E-state index < -0.39 is 0 Å². The summed E-state index contributed by atoms with van der Waals surface area (Å²) in [6.45, 7) is 4.14. The van der Waals surface area contributed by atoms with Crippen molar-refractivity contribution in [3.05, 3.63) is 59.7 Å². The normalized spacial score (nSPS) is 14.3. The number of hydrogen-bond donors (Lipinski definition) is 3. The lowest BCUT2D eigenvalue weighted by Crippen LogP contribution is -2.32. The Bertz CT molecular complexity index is 779. The number of urea groups is 1. The molecular formula is C20H25N5O. The molecule has 0 bridgehead atoms. The van der Waals surface area contributed by atoms with Crippen LogP contribution >= 0.6 is 0 Å². The summed E-state index contributed by atoms with van der Waals surface area (Å²) in [7, 11) is 0. The van der Waals surface area contributed by atoms with Crippen LogP contribution in [-0.2, 0) is 6.54 Å². The van der Waals surface area contributed by atoms with Crippen LogP contribution in [-0.4, -0.2) is 30.0 Å². The minimum atomic E-state index is -0.0382. The number of benzene rings is 2. The maximum absolute atomic E-state index is 12.2. The van der Waals surface area contributed by atoms with Gasteiger partial charge in [-0.25, -0.2) is 9.79 Å². The molecule has 2 aromatic carbocycles. The lowest BCUT2D eigenvalue weighted by Gasteiger charge is -2.16. The second-order valence-electron chi connectivity index (χ2n) is 6.52. The summed E-state index contributed by atoms with van der Waals surface area (Å²) in [5.74, 6) is 0.361. The third kappa shape index (κ3) is 4.99. The summed E-state index contributed by atoms with van der Waals surface area (Å²) in [5, 5.41) is 6.02. The first-order valence-electron chi connectivity index (χ1n) is 8.88. The number of carbonyl (C=O) groups excluding carboxylic acids is 1. The fraction of sp³-hybridized carbons (Fsp3) is 0.300. The van der Waals surface area contributed by atoms with Crippen LogP contribution in [0.3, 0.4) is 0 Å². The quantitative estimate of drug-likeness (QED) is 0.582. The topological polar surface area (TPSA) is 82.7 Å². The molecule has 0 radical (unpaired) electrons. The third-order valence-corrected chi connectivity index (χ3v) is 4.33. The first kappa shape index (κ1) is 17.8. The van der Waals surface area contributed by atoms with Crippen molar-refractivity contribution in [1.82, 2.24) is 4.90 Å². The summed E-state index contributed by atoms with van der Waals surface area (Å²) in [6, 6.07) is 15.6. The molecule has 0 spiro atoms. The van der Waals surface area contributed by atoms with Gasteiger partial charge >= 0.3 is 6.03 Å². The van der Waals surface area contributed by atoms with Gasteiger partial charge in [-0.2, -0.15) is 0 Å². The van der Waals surface area contributed by atoms with Crippen LogP contribution in [0.2, 0.25) is 0 Å². The molecule has 2 aromatic rings. The van der Waals surface area contributed by atoms with E-state index in [1.807, 2.05) is 60.4 Å². The van der Waals surface area contributed by atoms with Gasteiger partial charge in [0.2, 0.25) is 0 Å². The van der Waals surface area contributed by atoms with Crippen LogP contribution < -0.4 is 16.4 Å². The summed E-state index contributed by atoms with van der Waals surface area (Å²) in [4.78, 5) is 18.4. The lowest BCUT2D eigenvalue weighted by molar-refractivity contribution is 0.222. The van der Waals surface area contributed by atoms with E-state index in [-0.39, 0.29) is 6.03 Å². The number of rotatable bonds is 4. The van der Waals surface area contributed by atoms with E-state index in [0.717, 1.165) is 42.9 Å². The predicted molar refractivity (Wildman–Crippen MR) is 106 cm³/mol. The SMILES string of the molecule is Cc1ccc(NC(N)=NCc2cccc(NC(=O)N3CCCC3)c2)cc1. The summed E-state index contributed by atoms with van der Waals surface area (Å²) in [5.41, 5.74) is 9.82. The summed E-state index contributed by atoms with van der Waals surface area (Å²) >= 11 is 0. The van der Waals surface area contributed by atoms with Crippen LogP contribution in [0.15, 0.2) is 53.5 Å². The zero-order valence-electron chi connectivity index (χ0n) is 15.0. The van der Waals surface area contributed by atoms with Crippen molar-refractivity contribution < 1.29 is 4.79 Å². The van der Waals surface area contributed by atoms with Crippen molar-refractivity contribution in [1.29, 1.82) is 0 Å². The fourth-order valence-corrected chi connectivity index (χ4v) is 2.87. The second-order valence-corrected chi connectivity index (χ2v) is 6.52. The van der Waals surface area contributed by atoms with Gasteiger partial charge in [-0.15, -0.1) is 0 Å². The Hall–Kier alpha value is -3.02. The van der Waals surface area contributed by atoms with E-state index in [9.17, 15) is 4.79 Å². The highest BCUT2D eigenvalue weighted by atomic mass is 16.2. The number of carbonyl (C=O) groups is 1. The molecule has 1 aliphatic heterocycles. The predicted octanol–water partition coefficient (Wildman–Crippen LogP) is 3.55. The van der Waals surface area contributed by atoms with Crippen LogP contribution in [0.5, 0.6) is 0 Å². The zero-order chi connectivity index (χ0) is 18.4. The van der Waals surface area contributed by atoms with Gasteiger partial charge in [0.1, 0.15) is 0 Å². The monoisotopic (exact) mass is 351 g/mol. The van der Waals surface area contributed by atoms with Gasteiger partial charge in [-0.1, -0.05) is 29.8 Å². The van der Waals surface area contributed by atoms with Crippen molar-refractivity contribution in [2.24, 2.45) is 10.7 Å². The van der Waals surface area contributed by atoms with Crippen molar-refractivity contribution in [3.8, 4) is 0 Å². The van der Waals surface area contributed by atoms with Crippen molar-refractivity contribution >= 4 is 23.4 Å². The molecule has 0 unspecified atom stereocenters. The molecule has 4 N–H and O–H groups in total. The van der Waals surface area contributed by atoms with E-state index >= 15 is 0 Å². The first-order valence-corrected chi connectivity index (χ1v) is 8.88. The smallest absolute Gasteiger partial charge is 0.321 e. The first-order chi connectivity index (χ1) is 12.6. The molecular weight excluding hydrogens is 326 g/mol. The van der Waals surface area contributed by atoms with Gasteiger partial charge in [-0.3, -0.25) is 0 Å². The van der Waals surface area contributed by atoms with Gasteiger partial charge in [0, 0.05) is 24.5 Å². The van der Waals surface area contributed by atoms with E-state index in [4.69, 9.17) is 5.73 Å². The molecule has 2 amide bonds. The van der Waals surface area contributed by atoms with Crippen LogP contribution in [0.1, 0.15) is 24.0 Å². The summed E-state index contributed by atoms with van der Waals surface area (Å²) in [6.07, 6.45) is 2.16. The van der Waals surface area contributed by atoms with Crippen LogP contribution in [0, 0.1) is 6.92 Å². The molecule has 1 heterocycles. The Kier molecular flexibility index (Phi) is 5.73. The molecule has 1 aliphatic rings. The molecule has 1 saturated heterocycles. The molecule has 0 aliphatic carbocycles. The van der Waals surface area contributed by atoms with E-state index in [2.05, 4.69) is 15.6 Å². The molecule has 6 nitrogen and oxygen atoms in total. The lowest BCUT2D eigenvalue weighted by atomic mass is 10.2. The number of likely N-dealkylation sites (tertiary alicyclic amines) is 1. The van der Waals surface area contributed by atoms with Crippen LogP contribution in [0.4, 0.5) is 16.2 Å². The average molecular weight is 351 g/mol. The summed E-state index contributed by atoms with van der Waals surface area (Å²) < 4.78 is 0. The molecule has 26 heavy (non-hydrogen) atoms. The number of amides is 2. The van der Waals surface area contributed by atoms with Crippen LogP contribution in [0.25, 0.3) is 0 Å². The largest absolute Gasteiger partial charge is 0.370 e. The van der Waals surface area contributed by atoms with Gasteiger partial charge in [0.25, 0.3) is 0 Å². The molecule has 6 heteroatoms. The number of nitrogens with one attached hydrogen (secondary N) is 2. The van der Waals surface area contributed by atoms with Crippen molar-refractivity contribution in [2.45, 2.75) is 26.3 Å². The minimum absolute atomic E-state index is 0.0382. The highest BCUT2D eigenvalue weighted by molar-refractivity contribution is 5.92. The molecule has 3 rings (SSSR count). The Balaban J connectivity index is 1.57. The van der Waals surface area contributed by atoms with Crippen molar-refractivity contribution in [3.63, 3.8) is 0 Å². The van der Waals surface area contributed by atoms with E-state index in [1.54, 1.807) is 0 Å². The Morgan fingerprint density at radius 1 is 1.08 bits per heavy atom. The fourth-order valence-electron chi connectivity index (χ4n) is 2.87. The highest BCUT2D eigenvalue weighted by Gasteiger charge is 2.17. The van der Waals surface area contributed by atoms with Gasteiger partial charge < -0.3 is 21.3 Å². The highest BCUT2D eigenvalue weighted by Crippen LogP contribution is 2.15. The third-order valence-electron chi connectivity index (χ3n) is 4.33. The van der Waals surface area contributed by atoms with Gasteiger partial charge in [0.15, 0.2) is 5.96 Å². The second kappa shape index (κ2) is 8.38. The number of anilines is 2. The number of guanidine groups is 1. The molecule has 136 valence electrons. The maximum Gasteiger partial charge on any atom is 0.321 e. The number of aliphatic imine (C=N–C) groups is 1. The standard InChI is InChI=1S/C20H25N5O/c1-15-7-9-17(10-8-15)23-19(21)22-14-16-5-4-6-18(13-16)24-20(26)25-11-2-3-12-25/h4-10,13H,2-3,11-12,14H2,1H3,(H,24,26)(H3,21,22,23). The van der Waals surface area contributed by atoms with Gasteiger partial charge in [0.05, 0.1) is 6.54 Å².